The molecule has 1 aliphatic heterocycles. The SMILES string of the molecule is CC(C(=O)N(C)C1CCSC1)c1cccc(N)c1. The van der Waals surface area contributed by atoms with Gasteiger partial charge in [-0.2, -0.15) is 11.8 Å². The summed E-state index contributed by atoms with van der Waals surface area (Å²) >= 11 is 1.92. The molecule has 0 aliphatic carbocycles. The lowest BCUT2D eigenvalue weighted by molar-refractivity contribution is -0.132. The molecule has 2 rings (SSSR count). The van der Waals surface area contributed by atoms with Gasteiger partial charge in [-0.1, -0.05) is 12.1 Å². The van der Waals surface area contributed by atoms with E-state index >= 15 is 0 Å². The maximum absolute atomic E-state index is 12.4. The molecule has 18 heavy (non-hydrogen) atoms. The van der Waals surface area contributed by atoms with Crippen LogP contribution in [0, 0.1) is 0 Å². The lowest BCUT2D eigenvalue weighted by atomic mass is 9.98. The highest BCUT2D eigenvalue weighted by Gasteiger charge is 2.27. The summed E-state index contributed by atoms with van der Waals surface area (Å²) in [7, 11) is 1.92. The monoisotopic (exact) mass is 264 g/mol. The van der Waals surface area contributed by atoms with Crippen molar-refractivity contribution in [2.45, 2.75) is 25.3 Å². The fraction of sp³-hybridized carbons (Fsp3) is 0.500. The van der Waals surface area contributed by atoms with E-state index in [2.05, 4.69) is 0 Å². The number of anilines is 1. The van der Waals surface area contributed by atoms with Crippen molar-refractivity contribution in [3.05, 3.63) is 29.8 Å². The zero-order chi connectivity index (χ0) is 13.1. The van der Waals surface area contributed by atoms with Crippen LogP contribution >= 0.6 is 11.8 Å². The number of carbonyl (C=O) groups excluding carboxylic acids is 1. The number of thioether (sulfide) groups is 1. The molecule has 2 atom stereocenters. The first kappa shape index (κ1) is 13.3. The van der Waals surface area contributed by atoms with Crippen LogP contribution in [0.1, 0.15) is 24.8 Å². The molecule has 1 saturated heterocycles. The van der Waals surface area contributed by atoms with E-state index in [1.807, 2.05) is 54.9 Å². The Bertz CT molecular complexity index is 430. The van der Waals surface area contributed by atoms with E-state index in [4.69, 9.17) is 5.73 Å². The molecule has 1 aromatic carbocycles. The summed E-state index contributed by atoms with van der Waals surface area (Å²) in [6, 6.07) is 8.00. The second-order valence-electron chi connectivity index (χ2n) is 4.86. The molecule has 0 spiro atoms. The minimum absolute atomic E-state index is 0.121. The Morgan fingerprint density at radius 2 is 2.33 bits per heavy atom. The van der Waals surface area contributed by atoms with Crippen LogP contribution in [0.25, 0.3) is 0 Å². The topological polar surface area (TPSA) is 46.3 Å². The fourth-order valence-corrected chi connectivity index (χ4v) is 3.55. The van der Waals surface area contributed by atoms with Gasteiger partial charge in [-0.15, -0.1) is 0 Å². The number of rotatable bonds is 3. The second-order valence-corrected chi connectivity index (χ2v) is 6.01. The smallest absolute Gasteiger partial charge is 0.229 e. The van der Waals surface area contributed by atoms with E-state index in [1.165, 1.54) is 0 Å². The van der Waals surface area contributed by atoms with Crippen LogP contribution < -0.4 is 5.73 Å². The third kappa shape index (κ3) is 2.80. The van der Waals surface area contributed by atoms with Crippen molar-refractivity contribution < 1.29 is 4.79 Å². The van der Waals surface area contributed by atoms with Gasteiger partial charge in [0.1, 0.15) is 0 Å². The Hall–Kier alpha value is -1.16. The molecule has 0 bridgehead atoms. The van der Waals surface area contributed by atoms with E-state index in [0.29, 0.717) is 11.7 Å². The summed E-state index contributed by atoms with van der Waals surface area (Å²) in [6.45, 7) is 1.95. The Balaban J connectivity index is 2.08. The minimum Gasteiger partial charge on any atom is -0.399 e. The predicted molar refractivity (Wildman–Crippen MR) is 77.8 cm³/mol. The van der Waals surface area contributed by atoms with Crippen molar-refractivity contribution in [1.29, 1.82) is 0 Å². The van der Waals surface area contributed by atoms with E-state index < -0.39 is 0 Å². The molecule has 1 heterocycles. The van der Waals surface area contributed by atoms with Gasteiger partial charge in [0, 0.05) is 24.5 Å². The first-order valence-corrected chi connectivity index (χ1v) is 7.45. The predicted octanol–water partition coefficient (Wildman–Crippen LogP) is 2.34. The number of hydrogen-bond acceptors (Lipinski definition) is 3. The Morgan fingerprint density at radius 1 is 1.56 bits per heavy atom. The first-order valence-electron chi connectivity index (χ1n) is 6.29. The number of amides is 1. The number of likely N-dealkylation sites (N-methyl/N-ethyl adjacent to an activating group) is 1. The number of nitrogens with zero attached hydrogens (tertiary/aromatic N) is 1. The standard InChI is InChI=1S/C14H20N2OS/c1-10(11-4-3-5-12(15)8-11)14(17)16(2)13-6-7-18-9-13/h3-5,8,10,13H,6-7,9,15H2,1-2H3. The molecule has 1 aromatic rings. The molecule has 4 heteroatoms. The van der Waals surface area contributed by atoms with Gasteiger partial charge in [-0.3, -0.25) is 4.79 Å². The number of hydrogen-bond donors (Lipinski definition) is 1. The molecular weight excluding hydrogens is 244 g/mol. The quantitative estimate of drug-likeness (QED) is 0.852. The largest absolute Gasteiger partial charge is 0.399 e. The lowest BCUT2D eigenvalue weighted by Crippen LogP contribution is -2.39. The Labute approximate surface area is 113 Å². The average molecular weight is 264 g/mol. The summed E-state index contributed by atoms with van der Waals surface area (Å²) in [5.74, 6) is 2.29. The van der Waals surface area contributed by atoms with E-state index in [9.17, 15) is 4.79 Å². The molecule has 3 nitrogen and oxygen atoms in total. The number of benzene rings is 1. The van der Waals surface area contributed by atoms with Crippen LogP contribution in [-0.2, 0) is 4.79 Å². The highest BCUT2D eigenvalue weighted by atomic mass is 32.2. The first-order chi connectivity index (χ1) is 8.59. The number of carbonyl (C=O) groups is 1. The van der Waals surface area contributed by atoms with E-state index in [0.717, 1.165) is 23.5 Å². The van der Waals surface area contributed by atoms with Crippen LogP contribution in [0.5, 0.6) is 0 Å². The van der Waals surface area contributed by atoms with Gasteiger partial charge >= 0.3 is 0 Å². The molecule has 0 radical (unpaired) electrons. The summed E-state index contributed by atoms with van der Waals surface area (Å²) in [5, 5.41) is 0. The molecule has 98 valence electrons. The molecular formula is C14H20N2OS. The van der Waals surface area contributed by atoms with Crippen LogP contribution in [0.15, 0.2) is 24.3 Å². The Morgan fingerprint density at radius 3 is 2.94 bits per heavy atom. The molecule has 2 unspecified atom stereocenters. The van der Waals surface area contributed by atoms with E-state index in [1.54, 1.807) is 0 Å². The Kier molecular flexibility index (Phi) is 4.17. The zero-order valence-electron chi connectivity index (χ0n) is 10.9. The highest BCUT2D eigenvalue weighted by molar-refractivity contribution is 7.99. The highest BCUT2D eigenvalue weighted by Crippen LogP contribution is 2.25. The van der Waals surface area contributed by atoms with Gasteiger partial charge in [-0.25, -0.2) is 0 Å². The molecule has 1 aliphatic rings. The summed E-state index contributed by atoms with van der Waals surface area (Å²) < 4.78 is 0. The van der Waals surface area contributed by atoms with Gasteiger partial charge < -0.3 is 10.6 Å². The van der Waals surface area contributed by atoms with Crippen molar-refractivity contribution in [3.63, 3.8) is 0 Å². The molecule has 0 saturated carbocycles. The van der Waals surface area contributed by atoms with Crippen molar-refractivity contribution in [2.75, 3.05) is 24.3 Å². The van der Waals surface area contributed by atoms with Gasteiger partial charge in [0.15, 0.2) is 0 Å². The van der Waals surface area contributed by atoms with Gasteiger partial charge in [0.05, 0.1) is 5.92 Å². The van der Waals surface area contributed by atoms with E-state index in [-0.39, 0.29) is 11.8 Å². The van der Waals surface area contributed by atoms with Gasteiger partial charge in [-0.05, 0) is 36.8 Å². The molecule has 1 fully saturated rings. The maximum atomic E-state index is 12.4. The third-order valence-corrected chi connectivity index (χ3v) is 4.73. The number of nitrogen functional groups attached to an aromatic ring is 1. The van der Waals surface area contributed by atoms with Crippen LogP contribution in [0.2, 0.25) is 0 Å². The van der Waals surface area contributed by atoms with Crippen LogP contribution in [0.3, 0.4) is 0 Å². The van der Waals surface area contributed by atoms with Gasteiger partial charge in [0.25, 0.3) is 0 Å². The van der Waals surface area contributed by atoms with Crippen LogP contribution in [-0.4, -0.2) is 35.4 Å². The van der Waals surface area contributed by atoms with Crippen molar-refractivity contribution >= 4 is 23.4 Å². The molecule has 2 N–H and O–H groups in total. The summed E-state index contributed by atoms with van der Waals surface area (Å²) in [5.41, 5.74) is 7.48. The van der Waals surface area contributed by atoms with Crippen molar-refractivity contribution in [1.82, 2.24) is 4.90 Å². The third-order valence-electron chi connectivity index (χ3n) is 3.58. The summed E-state index contributed by atoms with van der Waals surface area (Å²) in [6.07, 6.45) is 1.11. The number of nitrogens with two attached hydrogens (primary N) is 1. The summed E-state index contributed by atoms with van der Waals surface area (Å²) in [4.78, 5) is 14.3. The molecule has 0 aromatic heterocycles. The van der Waals surface area contributed by atoms with Crippen molar-refractivity contribution in [2.24, 2.45) is 0 Å². The normalized spacial score (nSPS) is 20.7. The van der Waals surface area contributed by atoms with Crippen LogP contribution in [0.4, 0.5) is 5.69 Å². The second kappa shape index (κ2) is 5.65. The van der Waals surface area contributed by atoms with Gasteiger partial charge in [0.2, 0.25) is 5.91 Å². The fourth-order valence-electron chi connectivity index (χ4n) is 2.28. The maximum Gasteiger partial charge on any atom is 0.229 e. The average Bonchev–Trinajstić information content (AvgIpc) is 2.90. The zero-order valence-corrected chi connectivity index (χ0v) is 11.7. The lowest BCUT2D eigenvalue weighted by Gasteiger charge is -2.27. The molecule has 1 amide bonds. The minimum atomic E-state index is -0.121. The van der Waals surface area contributed by atoms with Crippen molar-refractivity contribution in [3.8, 4) is 0 Å².